The van der Waals surface area contributed by atoms with Gasteiger partial charge in [0.15, 0.2) is 0 Å². The van der Waals surface area contributed by atoms with E-state index in [0.717, 1.165) is 16.8 Å². The fourth-order valence-corrected chi connectivity index (χ4v) is 1.63. The van der Waals surface area contributed by atoms with Crippen LogP contribution >= 0.6 is 0 Å². The molecule has 0 amide bonds. The molecule has 0 aliphatic carbocycles. The molecule has 0 atom stereocenters. The third kappa shape index (κ3) is 1.68. The van der Waals surface area contributed by atoms with Crippen LogP contribution < -0.4 is 5.63 Å². The quantitative estimate of drug-likeness (QED) is 0.711. The zero-order valence-corrected chi connectivity index (χ0v) is 8.65. The van der Waals surface area contributed by atoms with Gasteiger partial charge in [-0.1, -0.05) is 35.5 Å². The predicted octanol–water partition coefficient (Wildman–Crippen LogP) is 2.32. The Kier molecular flexibility index (Phi) is 2.37. The van der Waals surface area contributed by atoms with Gasteiger partial charge in [0.2, 0.25) is 0 Å². The van der Waals surface area contributed by atoms with E-state index in [4.69, 9.17) is 0 Å². The Balaban J connectivity index is 2.73. The van der Waals surface area contributed by atoms with Gasteiger partial charge in [0, 0.05) is 11.1 Å². The highest BCUT2D eigenvalue weighted by Crippen LogP contribution is 2.22. The molecule has 0 spiro atoms. The van der Waals surface area contributed by atoms with Crippen LogP contribution in [0.3, 0.4) is 0 Å². The Morgan fingerprint density at radius 2 is 1.80 bits per heavy atom. The lowest BCUT2D eigenvalue weighted by molar-refractivity contribution is 0.360. The number of nitrogens with zero attached hydrogens (tertiary/aromatic N) is 1. The van der Waals surface area contributed by atoms with Crippen molar-refractivity contribution in [3.8, 4) is 11.1 Å². The Morgan fingerprint density at radius 3 is 2.47 bits per heavy atom. The van der Waals surface area contributed by atoms with Gasteiger partial charge in [-0.05, 0) is 19.4 Å². The Morgan fingerprint density at radius 1 is 1.13 bits per heavy atom. The van der Waals surface area contributed by atoms with Gasteiger partial charge in [0.05, 0.1) is 5.69 Å². The topological polar surface area (TPSA) is 43.1 Å². The van der Waals surface area contributed by atoms with Crippen LogP contribution in [0.1, 0.15) is 11.3 Å². The maximum Gasteiger partial charge on any atom is 0.362 e. The summed E-state index contributed by atoms with van der Waals surface area (Å²) >= 11 is 0. The number of hydrogen-bond acceptors (Lipinski definition) is 3. The number of benzene rings is 1. The fourth-order valence-electron chi connectivity index (χ4n) is 1.63. The maximum absolute atomic E-state index is 11.3. The molecule has 0 N–H and O–H groups in total. The van der Waals surface area contributed by atoms with E-state index in [0.29, 0.717) is 5.56 Å². The SMILES string of the molecule is Cc1noc(=O)c(C)c1-c1ccccc1. The molecule has 3 heteroatoms. The lowest BCUT2D eigenvalue weighted by Crippen LogP contribution is -2.08. The van der Waals surface area contributed by atoms with E-state index in [9.17, 15) is 4.79 Å². The van der Waals surface area contributed by atoms with Crippen LogP contribution in [0.25, 0.3) is 11.1 Å². The second-order valence-corrected chi connectivity index (χ2v) is 3.42. The van der Waals surface area contributed by atoms with Gasteiger partial charge in [0.25, 0.3) is 0 Å². The molecule has 0 saturated carbocycles. The van der Waals surface area contributed by atoms with Crippen molar-refractivity contribution < 1.29 is 4.52 Å². The Hall–Kier alpha value is -1.90. The van der Waals surface area contributed by atoms with E-state index in [1.807, 2.05) is 37.3 Å². The minimum absolute atomic E-state index is 0.376. The molecular formula is C12H11NO2. The molecule has 0 saturated heterocycles. The standard InChI is InChI=1S/C12H11NO2/c1-8-11(9(2)13-15-12(8)14)10-6-4-3-5-7-10/h3-7H,1-2H3. The highest BCUT2D eigenvalue weighted by molar-refractivity contribution is 5.68. The van der Waals surface area contributed by atoms with Gasteiger partial charge in [-0.3, -0.25) is 0 Å². The van der Waals surface area contributed by atoms with Crippen LogP contribution in [0.4, 0.5) is 0 Å². The van der Waals surface area contributed by atoms with Crippen LogP contribution in [0.15, 0.2) is 39.6 Å². The van der Waals surface area contributed by atoms with Gasteiger partial charge in [-0.15, -0.1) is 0 Å². The van der Waals surface area contributed by atoms with Crippen LogP contribution in [0.2, 0.25) is 0 Å². The van der Waals surface area contributed by atoms with Crippen LogP contribution in [-0.2, 0) is 0 Å². The summed E-state index contributed by atoms with van der Waals surface area (Å²) < 4.78 is 4.65. The first-order valence-corrected chi connectivity index (χ1v) is 4.73. The van der Waals surface area contributed by atoms with Gasteiger partial charge >= 0.3 is 5.63 Å². The summed E-state index contributed by atoms with van der Waals surface area (Å²) in [4.78, 5) is 11.3. The van der Waals surface area contributed by atoms with Gasteiger partial charge in [-0.2, -0.15) is 0 Å². The first kappa shape index (κ1) is 9.65. The molecule has 0 radical (unpaired) electrons. The summed E-state index contributed by atoms with van der Waals surface area (Å²) in [5.74, 6) is 0. The zero-order chi connectivity index (χ0) is 10.8. The van der Waals surface area contributed by atoms with Gasteiger partial charge in [0.1, 0.15) is 0 Å². The lowest BCUT2D eigenvalue weighted by atomic mass is 10.0. The molecular weight excluding hydrogens is 190 g/mol. The monoisotopic (exact) mass is 201 g/mol. The average molecular weight is 201 g/mol. The molecule has 2 aromatic rings. The van der Waals surface area contributed by atoms with E-state index in [1.165, 1.54) is 0 Å². The molecule has 0 fully saturated rings. The molecule has 15 heavy (non-hydrogen) atoms. The molecule has 0 aliphatic rings. The van der Waals surface area contributed by atoms with Crippen molar-refractivity contribution >= 4 is 0 Å². The number of hydrogen-bond donors (Lipinski definition) is 0. The summed E-state index contributed by atoms with van der Waals surface area (Å²) in [6, 6.07) is 9.71. The van der Waals surface area contributed by atoms with Crippen molar-refractivity contribution in [3.63, 3.8) is 0 Å². The summed E-state index contributed by atoms with van der Waals surface area (Å²) in [6.07, 6.45) is 0. The fraction of sp³-hybridized carbons (Fsp3) is 0.167. The molecule has 1 heterocycles. The van der Waals surface area contributed by atoms with Gasteiger partial charge < -0.3 is 4.52 Å². The second kappa shape index (κ2) is 3.69. The number of aryl methyl sites for hydroxylation is 1. The first-order chi connectivity index (χ1) is 7.20. The van der Waals surface area contributed by atoms with E-state index in [1.54, 1.807) is 6.92 Å². The summed E-state index contributed by atoms with van der Waals surface area (Å²) in [6.45, 7) is 3.58. The minimum atomic E-state index is -0.376. The second-order valence-electron chi connectivity index (χ2n) is 3.42. The van der Waals surface area contributed by atoms with Crippen LogP contribution in [0, 0.1) is 13.8 Å². The van der Waals surface area contributed by atoms with E-state index >= 15 is 0 Å². The number of rotatable bonds is 1. The highest BCUT2D eigenvalue weighted by atomic mass is 16.5. The van der Waals surface area contributed by atoms with Crippen LogP contribution in [-0.4, -0.2) is 5.16 Å². The van der Waals surface area contributed by atoms with Crippen molar-refractivity contribution in [1.29, 1.82) is 0 Å². The first-order valence-electron chi connectivity index (χ1n) is 4.73. The smallest absolute Gasteiger partial charge is 0.313 e. The van der Waals surface area contributed by atoms with Crippen molar-refractivity contribution in [2.75, 3.05) is 0 Å². The van der Waals surface area contributed by atoms with Crippen molar-refractivity contribution in [1.82, 2.24) is 5.16 Å². The van der Waals surface area contributed by atoms with E-state index in [2.05, 4.69) is 9.68 Å². The summed E-state index contributed by atoms with van der Waals surface area (Å²) in [5.41, 5.74) is 2.83. The molecule has 0 bridgehead atoms. The molecule has 1 aromatic carbocycles. The maximum atomic E-state index is 11.3. The summed E-state index contributed by atoms with van der Waals surface area (Å²) in [7, 11) is 0. The lowest BCUT2D eigenvalue weighted by Gasteiger charge is -2.05. The Labute approximate surface area is 87.4 Å². The molecule has 3 nitrogen and oxygen atoms in total. The molecule has 0 unspecified atom stereocenters. The van der Waals surface area contributed by atoms with Crippen molar-refractivity contribution in [2.45, 2.75) is 13.8 Å². The average Bonchev–Trinajstić information content (AvgIpc) is 2.26. The third-order valence-electron chi connectivity index (χ3n) is 2.37. The third-order valence-corrected chi connectivity index (χ3v) is 2.37. The molecule has 1 aromatic heterocycles. The number of aromatic nitrogens is 1. The Bertz CT molecular complexity index is 529. The minimum Gasteiger partial charge on any atom is -0.313 e. The predicted molar refractivity (Wildman–Crippen MR) is 57.7 cm³/mol. The molecule has 0 aliphatic heterocycles. The van der Waals surface area contributed by atoms with E-state index < -0.39 is 0 Å². The van der Waals surface area contributed by atoms with Gasteiger partial charge in [-0.25, -0.2) is 4.79 Å². The zero-order valence-electron chi connectivity index (χ0n) is 8.65. The molecule has 2 rings (SSSR count). The summed E-state index contributed by atoms with van der Waals surface area (Å²) in [5, 5.41) is 3.73. The molecule has 76 valence electrons. The van der Waals surface area contributed by atoms with Crippen LogP contribution in [0.5, 0.6) is 0 Å². The van der Waals surface area contributed by atoms with E-state index in [-0.39, 0.29) is 5.63 Å². The van der Waals surface area contributed by atoms with Crippen molar-refractivity contribution in [2.24, 2.45) is 0 Å². The largest absolute Gasteiger partial charge is 0.362 e. The normalized spacial score (nSPS) is 10.3. The highest BCUT2D eigenvalue weighted by Gasteiger charge is 2.10. The van der Waals surface area contributed by atoms with Crippen molar-refractivity contribution in [3.05, 3.63) is 52.0 Å².